The lowest BCUT2D eigenvalue weighted by Crippen LogP contribution is -2.42. The van der Waals surface area contributed by atoms with Gasteiger partial charge < -0.3 is 5.32 Å². The van der Waals surface area contributed by atoms with E-state index in [1.54, 1.807) is 11.8 Å². The summed E-state index contributed by atoms with van der Waals surface area (Å²) in [4.78, 5) is 11.0. The van der Waals surface area contributed by atoms with E-state index in [2.05, 4.69) is 10.6 Å². The molecule has 1 heterocycles. The molecule has 1 atom stereocenters. The number of thioether (sulfide) groups is 1. The smallest absolute Gasteiger partial charge is 0.231 e. The lowest BCUT2D eigenvalue weighted by atomic mass is 10.3. The number of amides is 1. The molecule has 1 fully saturated rings. The van der Waals surface area contributed by atoms with Gasteiger partial charge in [-0.2, -0.15) is 11.8 Å². The molecule has 0 radical (unpaired) electrons. The van der Waals surface area contributed by atoms with Crippen molar-refractivity contribution in [1.29, 1.82) is 0 Å². The minimum absolute atomic E-state index is 0.136. The maximum Gasteiger partial charge on any atom is 0.231 e. The summed E-state index contributed by atoms with van der Waals surface area (Å²) in [5, 5.41) is 6.11. The van der Waals surface area contributed by atoms with Gasteiger partial charge in [-0.1, -0.05) is 0 Å². The van der Waals surface area contributed by atoms with E-state index in [0.29, 0.717) is 5.75 Å². The van der Waals surface area contributed by atoms with E-state index < -0.39 is 0 Å². The second-order valence-electron chi connectivity index (χ2n) is 2.65. The van der Waals surface area contributed by atoms with Gasteiger partial charge in [-0.05, 0) is 25.6 Å². The van der Waals surface area contributed by atoms with E-state index in [0.717, 1.165) is 13.0 Å². The Hall–Kier alpha value is -0.220. The van der Waals surface area contributed by atoms with Gasteiger partial charge in [0, 0.05) is 0 Å². The summed E-state index contributed by atoms with van der Waals surface area (Å²) in [6, 6.07) is 0. The summed E-state index contributed by atoms with van der Waals surface area (Å²) >= 11 is 1.55. The number of hydrogen-bond acceptors (Lipinski definition) is 3. The third-order valence-corrected chi connectivity index (χ3v) is 2.22. The minimum Gasteiger partial charge on any atom is -0.340 e. The van der Waals surface area contributed by atoms with Crippen molar-refractivity contribution in [2.24, 2.45) is 0 Å². The summed E-state index contributed by atoms with van der Waals surface area (Å²) in [7, 11) is 0. The molecule has 0 bridgehead atoms. The molecule has 1 amide bonds. The lowest BCUT2D eigenvalue weighted by molar-refractivity contribution is -0.119. The van der Waals surface area contributed by atoms with Crippen LogP contribution in [0.1, 0.15) is 12.8 Å². The van der Waals surface area contributed by atoms with Crippen molar-refractivity contribution in [3.63, 3.8) is 0 Å². The highest BCUT2D eigenvalue weighted by atomic mass is 32.2. The van der Waals surface area contributed by atoms with Gasteiger partial charge in [0.25, 0.3) is 0 Å². The minimum atomic E-state index is 0.136. The molecular weight excluding hydrogens is 160 g/mol. The largest absolute Gasteiger partial charge is 0.340 e. The number of carbonyl (C=O) groups is 1. The highest BCUT2D eigenvalue weighted by molar-refractivity contribution is 7.99. The van der Waals surface area contributed by atoms with Gasteiger partial charge in [0.1, 0.15) is 0 Å². The Kier molecular flexibility index (Phi) is 3.72. The summed E-state index contributed by atoms with van der Waals surface area (Å²) in [6.45, 7) is 1.03. The molecule has 0 aliphatic carbocycles. The SMILES string of the molecule is CSCC(=O)NC1CCCN1. The van der Waals surface area contributed by atoms with Crippen LogP contribution in [0.2, 0.25) is 0 Å². The Labute approximate surface area is 71.3 Å². The molecule has 0 aromatic heterocycles. The van der Waals surface area contributed by atoms with Crippen LogP contribution in [-0.4, -0.2) is 30.6 Å². The molecule has 3 nitrogen and oxygen atoms in total. The first-order valence-corrected chi connectivity index (χ1v) is 5.24. The van der Waals surface area contributed by atoms with Crippen LogP contribution in [0.25, 0.3) is 0 Å². The molecule has 1 aliphatic rings. The van der Waals surface area contributed by atoms with E-state index in [9.17, 15) is 4.79 Å². The van der Waals surface area contributed by atoms with Crippen LogP contribution >= 0.6 is 11.8 Å². The zero-order valence-electron chi connectivity index (χ0n) is 6.72. The zero-order valence-corrected chi connectivity index (χ0v) is 7.54. The lowest BCUT2D eigenvalue weighted by Gasteiger charge is -2.11. The molecule has 0 aromatic rings. The predicted octanol–water partition coefficient (Wildman–Crippen LogP) is 0.175. The molecule has 0 aromatic carbocycles. The fourth-order valence-corrected chi connectivity index (χ4v) is 1.52. The summed E-state index contributed by atoms with van der Waals surface area (Å²) in [6.07, 6.45) is 4.40. The fourth-order valence-electron chi connectivity index (χ4n) is 1.17. The van der Waals surface area contributed by atoms with Gasteiger partial charge in [-0.3, -0.25) is 10.1 Å². The van der Waals surface area contributed by atoms with Gasteiger partial charge >= 0.3 is 0 Å². The van der Waals surface area contributed by atoms with Gasteiger partial charge in [0.2, 0.25) is 5.91 Å². The van der Waals surface area contributed by atoms with Crippen LogP contribution in [0.4, 0.5) is 0 Å². The first-order chi connectivity index (χ1) is 5.33. The maximum absolute atomic E-state index is 11.0. The van der Waals surface area contributed by atoms with Crippen LogP contribution in [0.15, 0.2) is 0 Å². The van der Waals surface area contributed by atoms with E-state index in [1.807, 2.05) is 6.26 Å². The second-order valence-corrected chi connectivity index (χ2v) is 3.52. The van der Waals surface area contributed by atoms with E-state index in [-0.39, 0.29) is 12.1 Å². The third-order valence-electron chi connectivity index (χ3n) is 1.67. The highest BCUT2D eigenvalue weighted by Gasteiger charge is 2.15. The van der Waals surface area contributed by atoms with Crippen LogP contribution in [0, 0.1) is 0 Å². The van der Waals surface area contributed by atoms with Crippen LogP contribution in [0.5, 0.6) is 0 Å². The molecule has 64 valence electrons. The number of rotatable bonds is 3. The van der Waals surface area contributed by atoms with E-state index in [1.165, 1.54) is 6.42 Å². The van der Waals surface area contributed by atoms with Crippen molar-refractivity contribution in [3.05, 3.63) is 0 Å². The Balaban J connectivity index is 2.13. The van der Waals surface area contributed by atoms with Crippen molar-refractivity contribution in [2.75, 3.05) is 18.6 Å². The molecule has 1 saturated heterocycles. The molecule has 0 saturated carbocycles. The maximum atomic E-state index is 11.0. The number of nitrogens with one attached hydrogen (secondary N) is 2. The zero-order chi connectivity index (χ0) is 8.10. The molecule has 1 unspecified atom stereocenters. The standard InChI is InChI=1S/C7H14N2OS/c1-11-5-7(10)9-6-3-2-4-8-6/h6,8H,2-5H2,1H3,(H,9,10). The molecule has 1 rings (SSSR count). The molecule has 1 aliphatic heterocycles. The average Bonchev–Trinajstić information content (AvgIpc) is 2.40. The van der Waals surface area contributed by atoms with E-state index >= 15 is 0 Å². The average molecular weight is 174 g/mol. The highest BCUT2D eigenvalue weighted by Crippen LogP contribution is 2.01. The predicted molar refractivity (Wildman–Crippen MR) is 47.5 cm³/mol. The van der Waals surface area contributed by atoms with Crippen molar-refractivity contribution in [3.8, 4) is 0 Å². The van der Waals surface area contributed by atoms with Crippen molar-refractivity contribution < 1.29 is 4.79 Å². The van der Waals surface area contributed by atoms with Gasteiger partial charge in [-0.15, -0.1) is 0 Å². The van der Waals surface area contributed by atoms with Crippen LogP contribution in [0.3, 0.4) is 0 Å². The van der Waals surface area contributed by atoms with Gasteiger partial charge in [-0.25, -0.2) is 0 Å². The molecule has 2 N–H and O–H groups in total. The Bertz CT molecular complexity index is 134. The van der Waals surface area contributed by atoms with Gasteiger partial charge in [0.05, 0.1) is 11.9 Å². The topological polar surface area (TPSA) is 41.1 Å². The van der Waals surface area contributed by atoms with Crippen molar-refractivity contribution in [2.45, 2.75) is 19.0 Å². The number of hydrogen-bond donors (Lipinski definition) is 2. The number of carbonyl (C=O) groups excluding carboxylic acids is 1. The Morgan fingerprint density at radius 3 is 3.18 bits per heavy atom. The monoisotopic (exact) mass is 174 g/mol. The molecule has 11 heavy (non-hydrogen) atoms. The van der Waals surface area contributed by atoms with Crippen LogP contribution < -0.4 is 10.6 Å². The normalized spacial score (nSPS) is 23.5. The first-order valence-electron chi connectivity index (χ1n) is 3.84. The Morgan fingerprint density at radius 2 is 2.64 bits per heavy atom. The fraction of sp³-hybridized carbons (Fsp3) is 0.857. The second kappa shape index (κ2) is 4.62. The van der Waals surface area contributed by atoms with E-state index in [4.69, 9.17) is 0 Å². The molecule has 4 heteroatoms. The Morgan fingerprint density at radius 1 is 1.82 bits per heavy atom. The van der Waals surface area contributed by atoms with Gasteiger partial charge in [0.15, 0.2) is 0 Å². The van der Waals surface area contributed by atoms with Crippen molar-refractivity contribution in [1.82, 2.24) is 10.6 Å². The molecule has 0 spiro atoms. The quantitative estimate of drug-likeness (QED) is 0.641. The summed E-state index contributed by atoms with van der Waals surface area (Å²) in [5.74, 6) is 0.704. The molecular formula is C7H14N2OS. The van der Waals surface area contributed by atoms with Crippen molar-refractivity contribution >= 4 is 17.7 Å². The van der Waals surface area contributed by atoms with Crippen LogP contribution in [-0.2, 0) is 4.79 Å². The third kappa shape index (κ3) is 3.12. The summed E-state index contributed by atoms with van der Waals surface area (Å²) in [5.41, 5.74) is 0. The first kappa shape index (κ1) is 8.87. The summed E-state index contributed by atoms with van der Waals surface area (Å²) < 4.78 is 0.